The van der Waals surface area contributed by atoms with Crippen molar-refractivity contribution in [2.75, 3.05) is 13.7 Å². The summed E-state index contributed by atoms with van der Waals surface area (Å²) in [7, 11) is 1.43. The number of nitro benzene ring substituents is 1. The molecule has 0 unspecified atom stereocenters. The Bertz CT molecular complexity index is 545. The van der Waals surface area contributed by atoms with Crippen molar-refractivity contribution in [1.82, 2.24) is 5.32 Å². The number of carbonyl (C=O) groups is 1. The Hall–Kier alpha value is -2.31. The number of nitrogens with zero attached hydrogens (tertiary/aromatic N) is 1. The molecule has 0 radical (unpaired) electrons. The zero-order valence-corrected chi connectivity index (χ0v) is 14.0. The molecule has 0 aliphatic heterocycles. The standard InChI is InChI=1S/C16H24N2O5/c1-11(2)5-6-12(3)17-16(19)10-23-15-9-13(18(20)21)7-8-14(15)22-4/h7-9,11-12H,5-6,10H2,1-4H3,(H,17,19)/t12-/m1/s1. The molecule has 1 N–H and O–H groups in total. The van der Waals surface area contributed by atoms with Crippen molar-refractivity contribution in [2.24, 2.45) is 5.92 Å². The van der Waals surface area contributed by atoms with Crippen molar-refractivity contribution in [3.63, 3.8) is 0 Å². The van der Waals surface area contributed by atoms with E-state index < -0.39 is 4.92 Å². The summed E-state index contributed by atoms with van der Waals surface area (Å²) in [5.74, 6) is 0.831. The molecule has 23 heavy (non-hydrogen) atoms. The molecule has 0 aromatic heterocycles. The predicted octanol–water partition coefficient (Wildman–Crippen LogP) is 2.92. The van der Waals surface area contributed by atoms with Crippen LogP contribution in [0.2, 0.25) is 0 Å². The number of rotatable bonds is 9. The van der Waals surface area contributed by atoms with Gasteiger partial charge in [-0.3, -0.25) is 14.9 Å². The van der Waals surface area contributed by atoms with E-state index >= 15 is 0 Å². The highest BCUT2D eigenvalue weighted by Crippen LogP contribution is 2.30. The largest absolute Gasteiger partial charge is 0.493 e. The van der Waals surface area contributed by atoms with Gasteiger partial charge in [0.2, 0.25) is 0 Å². The SMILES string of the molecule is COc1ccc([N+](=O)[O-])cc1OCC(=O)N[C@H](C)CCC(C)C. The van der Waals surface area contributed by atoms with Gasteiger partial charge in [-0.1, -0.05) is 13.8 Å². The summed E-state index contributed by atoms with van der Waals surface area (Å²) < 4.78 is 10.4. The number of ether oxygens (including phenoxy) is 2. The maximum absolute atomic E-state index is 11.9. The van der Waals surface area contributed by atoms with Crippen molar-refractivity contribution >= 4 is 11.6 Å². The summed E-state index contributed by atoms with van der Waals surface area (Å²) >= 11 is 0. The van der Waals surface area contributed by atoms with Crippen LogP contribution in [0.3, 0.4) is 0 Å². The number of benzene rings is 1. The van der Waals surface area contributed by atoms with E-state index in [4.69, 9.17) is 9.47 Å². The molecule has 128 valence electrons. The van der Waals surface area contributed by atoms with E-state index in [9.17, 15) is 14.9 Å². The highest BCUT2D eigenvalue weighted by atomic mass is 16.6. The number of hydrogen-bond acceptors (Lipinski definition) is 5. The summed E-state index contributed by atoms with van der Waals surface area (Å²) in [5, 5.41) is 13.6. The summed E-state index contributed by atoms with van der Waals surface area (Å²) in [6.07, 6.45) is 1.92. The van der Waals surface area contributed by atoms with Crippen molar-refractivity contribution < 1.29 is 19.2 Å². The molecule has 0 fully saturated rings. The predicted molar refractivity (Wildman–Crippen MR) is 86.8 cm³/mol. The molecule has 0 aliphatic carbocycles. The quantitative estimate of drug-likeness (QED) is 0.557. The molecule has 0 heterocycles. The highest BCUT2D eigenvalue weighted by Gasteiger charge is 2.14. The lowest BCUT2D eigenvalue weighted by Gasteiger charge is -2.16. The first-order chi connectivity index (χ1) is 10.8. The zero-order valence-electron chi connectivity index (χ0n) is 14.0. The van der Waals surface area contributed by atoms with Crippen LogP contribution in [0, 0.1) is 16.0 Å². The maximum Gasteiger partial charge on any atom is 0.273 e. The summed E-state index contributed by atoms with van der Waals surface area (Å²) in [6, 6.07) is 4.06. The minimum Gasteiger partial charge on any atom is -0.493 e. The van der Waals surface area contributed by atoms with Crippen LogP contribution in [0.1, 0.15) is 33.6 Å². The summed E-state index contributed by atoms with van der Waals surface area (Å²) in [6.45, 7) is 5.98. The molecule has 1 rings (SSSR count). The number of non-ortho nitro benzene ring substituents is 1. The van der Waals surface area contributed by atoms with Crippen LogP contribution in [0.25, 0.3) is 0 Å². The zero-order chi connectivity index (χ0) is 17.4. The molecule has 0 saturated carbocycles. The van der Waals surface area contributed by atoms with Crippen LogP contribution in [0.5, 0.6) is 11.5 Å². The van der Waals surface area contributed by atoms with Gasteiger partial charge in [-0.15, -0.1) is 0 Å². The lowest BCUT2D eigenvalue weighted by molar-refractivity contribution is -0.385. The Kier molecular flexibility index (Phi) is 7.31. The molecule has 7 nitrogen and oxygen atoms in total. The van der Waals surface area contributed by atoms with E-state index in [1.165, 1.54) is 25.3 Å². The topological polar surface area (TPSA) is 90.7 Å². The monoisotopic (exact) mass is 324 g/mol. The third-order valence-corrected chi connectivity index (χ3v) is 3.30. The van der Waals surface area contributed by atoms with Gasteiger partial charge < -0.3 is 14.8 Å². The highest BCUT2D eigenvalue weighted by molar-refractivity contribution is 5.77. The molecule has 1 amide bonds. The number of methoxy groups -OCH3 is 1. The summed E-state index contributed by atoms with van der Waals surface area (Å²) in [4.78, 5) is 22.1. The molecule has 0 spiro atoms. The molecule has 1 aromatic carbocycles. The average molecular weight is 324 g/mol. The minimum absolute atomic E-state index is 0.0560. The van der Waals surface area contributed by atoms with E-state index in [-0.39, 0.29) is 30.0 Å². The van der Waals surface area contributed by atoms with E-state index in [1.54, 1.807) is 0 Å². The molecular formula is C16H24N2O5. The van der Waals surface area contributed by atoms with Crippen LogP contribution in [-0.2, 0) is 4.79 Å². The third kappa shape index (κ3) is 6.54. The maximum atomic E-state index is 11.9. The number of nitro groups is 1. The summed E-state index contributed by atoms with van der Waals surface area (Å²) in [5.41, 5.74) is -0.119. The molecule has 0 bridgehead atoms. The Morgan fingerprint density at radius 3 is 2.52 bits per heavy atom. The van der Waals surface area contributed by atoms with Crippen LogP contribution >= 0.6 is 0 Å². The fourth-order valence-electron chi connectivity index (χ4n) is 2.01. The van der Waals surface area contributed by atoms with Gasteiger partial charge >= 0.3 is 0 Å². The van der Waals surface area contributed by atoms with E-state index in [2.05, 4.69) is 19.2 Å². The lowest BCUT2D eigenvalue weighted by atomic mass is 10.0. The second-order valence-electron chi connectivity index (χ2n) is 5.82. The third-order valence-electron chi connectivity index (χ3n) is 3.30. The van der Waals surface area contributed by atoms with E-state index in [0.29, 0.717) is 11.7 Å². The molecule has 1 aromatic rings. The van der Waals surface area contributed by atoms with Gasteiger partial charge in [-0.25, -0.2) is 0 Å². The average Bonchev–Trinajstić information content (AvgIpc) is 2.50. The fraction of sp³-hybridized carbons (Fsp3) is 0.562. The van der Waals surface area contributed by atoms with Crippen molar-refractivity contribution in [3.05, 3.63) is 28.3 Å². The van der Waals surface area contributed by atoms with Crippen LogP contribution in [0.15, 0.2) is 18.2 Å². The first kappa shape index (κ1) is 18.7. The van der Waals surface area contributed by atoms with Crippen molar-refractivity contribution in [2.45, 2.75) is 39.7 Å². The molecular weight excluding hydrogens is 300 g/mol. The van der Waals surface area contributed by atoms with Gasteiger partial charge in [0.15, 0.2) is 18.1 Å². The van der Waals surface area contributed by atoms with Gasteiger partial charge in [0.1, 0.15) is 0 Å². The van der Waals surface area contributed by atoms with Gasteiger partial charge in [0, 0.05) is 12.1 Å². The van der Waals surface area contributed by atoms with Crippen molar-refractivity contribution in [3.8, 4) is 11.5 Å². The van der Waals surface area contributed by atoms with Crippen LogP contribution in [0.4, 0.5) is 5.69 Å². The van der Waals surface area contributed by atoms with Crippen LogP contribution in [-0.4, -0.2) is 30.6 Å². The Morgan fingerprint density at radius 2 is 1.96 bits per heavy atom. The molecule has 0 saturated heterocycles. The van der Waals surface area contributed by atoms with Crippen LogP contribution < -0.4 is 14.8 Å². The molecule has 7 heteroatoms. The Labute approximate surface area is 136 Å². The second-order valence-corrected chi connectivity index (χ2v) is 5.82. The van der Waals surface area contributed by atoms with Gasteiger partial charge in [-0.05, 0) is 31.7 Å². The number of hydrogen-bond donors (Lipinski definition) is 1. The molecule has 0 aliphatic rings. The van der Waals surface area contributed by atoms with E-state index in [0.717, 1.165) is 12.8 Å². The van der Waals surface area contributed by atoms with Gasteiger partial charge in [0.25, 0.3) is 11.6 Å². The second kappa shape index (κ2) is 8.97. The van der Waals surface area contributed by atoms with Crippen molar-refractivity contribution in [1.29, 1.82) is 0 Å². The normalized spacial score (nSPS) is 11.9. The van der Waals surface area contributed by atoms with Gasteiger partial charge in [0.05, 0.1) is 18.1 Å². The first-order valence-corrected chi connectivity index (χ1v) is 7.58. The van der Waals surface area contributed by atoms with E-state index in [1.807, 2.05) is 6.92 Å². The Balaban J connectivity index is 2.58. The Morgan fingerprint density at radius 1 is 1.26 bits per heavy atom. The minimum atomic E-state index is -0.527. The smallest absolute Gasteiger partial charge is 0.273 e. The molecule has 1 atom stereocenters. The number of nitrogens with one attached hydrogen (secondary N) is 1. The fourth-order valence-corrected chi connectivity index (χ4v) is 2.01. The number of amides is 1. The first-order valence-electron chi connectivity index (χ1n) is 7.58. The lowest BCUT2D eigenvalue weighted by Crippen LogP contribution is -2.36. The van der Waals surface area contributed by atoms with Gasteiger partial charge in [-0.2, -0.15) is 0 Å². The number of carbonyl (C=O) groups excluding carboxylic acids is 1.